The summed E-state index contributed by atoms with van der Waals surface area (Å²) < 4.78 is 30.9. The van der Waals surface area contributed by atoms with Gasteiger partial charge >= 0.3 is 0 Å². The molecule has 2 N–H and O–H groups in total. The molecule has 4 rings (SSSR count). The molecule has 3 aromatic carbocycles. The number of carbonyl (C=O) groups is 3. The molecule has 3 amide bonds. The van der Waals surface area contributed by atoms with Crippen molar-refractivity contribution in [1.29, 1.82) is 0 Å². The van der Waals surface area contributed by atoms with Crippen molar-refractivity contribution in [2.75, 3.05) is 36.0 Å². The highest BCUT2D eigenvalue weighted by molar-refractivity contribution is 9.10. The molecule has 1 heterocycles. The first-order valence-electron chi connectivity index (χ1n) is 13.0. The number of rotatable bonds is 8. The van der Waals surface area contributed by atoms with E-state index in [1.807, 2.05) is 30.3 Å². The van der Waals surface area contributed by atoms with E-state index in [-0.39, 0.29) is 6.54 Å². The molecule has 0 saturated heterocycles. The van der Waals surface area contributed by atoms with Gasteiger partial charge in [0.25, 0.3) is 5.91 Å². The number of nitrogens with zero attached hydrogens (tertiary/aromatic N) is 2. The van der Waals surface area contributed by atoms with Crippen molar-refractivity contribution in [3.8, 4) is 5.75 Å². The monoisotopic (exact) mass is 644 g/mol. The lowest BCUT2D eigenvalue weighted by Gasteiger charge is -2.32. The summed E-state index contributed by atoms with van der Waals surface area (Å²) in [5, 5.41) is 7.44. The fraction of sp³-hybridized carbons (Fsp3) is 0.345. The molecule has 12 heteroatoms. The van der Waals surface area contributed by atoms with Crippen LogP contribution in [0.2, 0.25) is 0 Å². The minimum absolute atomic E-state index is 0.0571. The first-order chi connectivity index (χ1) is 19.4. The van der Waals surface area contributed by atoms with Crippen LogP contribution in [0.5, 0.6) is 5.75 Å². The quantitative estimate of drug-likeness (QED) is 0.386. The Morgan fingerprint density at radius 3 is 2.37 bits per heavy atom. The molecule has 0 saturated carbocycles. The third kappa shape index (κ3) is 6.24. The molecule has 3 aromatic rings. The number of para-hydroxylation sites is 2. The van der Waals surface area contributed by atoms with Gasteiger partial charge in [-0.25, -0.2) is 8.42 Å². The van der Waals surface area contributed by atoms with Crippen LogP contribution in [0.4, 0.5) is 11.4 Å². The number of hydrogen-bond acceptors (Lipinski definition) is 7. The summed E-state index contributed by atoms with van der Waals surface area (Å²) in [6.45, 7) is 3.34. The van der Waals surface area contributed by atoms with E-state index in [1.54, 1.807) is 52.3 Å². The molecule has 41 heavy (non-hydrogen) atoms. The zero-order valence-corrected chi connectivity index (χ0v) is 25.9. The summed E-state index contributed by atoms with van der Waals surface area (Å²) in [7, 11) is -0.515. The van der Waals surface area contributed by atoms with E-state index in [4.69, 9.17) is 4.74 Å². The number of ether oxygens (including phenoxy) is 1. The molecule has 0 fully saturated rings. The molecule has 1 aliphatic heterocycles. The van der Waals surface area contributed by atoms with E-state index in [0.717, 1.165) is 27.1 Å². The number of nitrogens with one attached hydrogen (secondary N) is 2. The van der Waals surface area contributed by atoms with Crippen LogP contribution in [0.1, 0.15) is 19.4 Å². The number of amides is 3. The largest absolute Gasteiger partial charge is 0.496 e. The first kappa shape index (κ1) is 30.5. The zero-order valence-electron chi connectivity index (χ0n) is 23.5. The molecule has 3 atom stereocenters. The summed E-state index contributed by atoms with van der Waals surface area (Å²) >= 11 is 3.60. The summed E-state index contributed by atoms with van der Waals surface area (Å²) in [6.07, 6.45) is 0.982. The topological polar surface area (TPSA) is 125 Å². The molecule has 10 nitrogen and oxygen atoms in total. The lowest BCUT2D eigenvalue weighted by molar-refractivity contribution is -0.129. The van der Waals surface area contributed by atoms with E-state index >= 15 is 0 Å². The third-order valence-corrected chi connectivity index (χ3v) is 8.71. The van der Waals surface area contributed by atoms with Crippen LogP contribution in [-0.2, 0) is 30.8 Å². The molecular weight excluding hydrogens is 612 g/mol. The van der Waals surface area contributed by atoms with Crippen molar-refractivity contribution in [3.05, 3.63) is 64.6 Å². The minimum atomic E-state index is -3.69. The summed E-state index contributed by atoms with van der Waals surface area (Å²) in [6, 6.07) is 13.6. The van der Waals surface area contributed by atoms with Crippen molar-refractivity contribution in [1.82, 2.24) is 10.6 Å². The molecule has 0 aromatic heterocycles. The van der Waals surface area contributed by atoms with E-state index in [1.165, 1.54) is 9.80 Å². The van der Waals surface area contributed by atoms with E-state index in [2.05, 4.69) is 26.6 Å². The Morgan fingerprint density at radius 2 is 1.73 bits per heavy atom. The van der Waals surface area contributed by atoms with Crippen molar-refractivity contribution < 1.29 is 27.5 Å². The average Bonchev–Trinajstić information content (AvgIpc) is 3.00. The van der Waals surface area contributed by atoms with Crippen molar-refractivity contribution >= 4 is 65.6 Å². The maximum absolute atomic E-state index is 14.4. The summed E-state index contributed by atoms with van der Waals surface area (Å²) in [5.74, 6) is -1.78. The van der Waals surface area contributed by atoms with E-state index in [0.29, 0.717) is 17.1 Å². The second kappa shape index (κ2) is 12.2. The minimum Gasteiger partial charge on any atom is -0.496 e. The van der Waals surface area contributed by atoms with Crippen LogP contribution in [0.15, 0.2) is 59.1 Å². The highest BCUT2D eigenvalue weighted by Gasteiger charge is 2.43. The van der Waals surface area contributed by atoms with Gasteiger partial charge in [-0.3, -0.25) is 14.4 Å². The van der Waals surface area contributed by atoms with Crippen molar-refractivity contribution in [2.24, 2.45) is 0 Å². The van der Waals surface area contributed by atoms with Gasteiger partial charge in [-0.05, 0) is 62.0 Å². The molecule has 0 radical (unpaired) electrons. The fourth-order valence-electron chi connectivity index (χ4n) is 5.04. The van der Waals surface area contributed by atoms with Gasteiger partial charge in [-0.2, -0.15) is 0 Å². The number of fused-ring (bicyclic) bond motifs is 2. The van der Waals surface area contributed by atoms with Crippen LogP contribution in [0.3, 0.4) is 0 Å². The molecule has 0 bridgehead atoms. The van der Waals surface area contributed by atoms with Crippen LogP contribution >= 0.6 is 15.9 Å². The number of hydrogen-bond donors (Lipinski definition) is 2. The van der Waals surface area contributed by atoms with Gasteiger partial charge in [0.1, 0.15) is 17.5 Å². The summed E-state index contributed by atoms with van der Waals surface area (Å²) in [5.41, 5.74) is 1.49. The second-order valence-electron chi connectivity index (χ2n) is 10.1. The van der Waals surface area contributed by atoms with E-state index < -0.39 is 51.4 Å². The van der Waals surface area contributed by atoms with Crippen LogP contribution < -0.4 is 25.2 Å². The Morgan fingerprint density at radius 1 is 1.05 bits per heavy atom. The van der Waals surface area contributed by atoms with Gasteiger partial charge in [-0.15, -0.1) is 0 Å². The van der Waals surface area contributed by atoms with Gasteiger partial charge in [0.05, 0.1) is 37.1 Å². The fourth-order valence-corrected chi connectivity index (χ4v) is 6.13. The number of carbonyl (C=O) groups excluding carboxylic acids is 3. The van der Waals surface area contributed by atoms with Gasteiger partial charge in [0.15, 0.2) is 9.84 Å². The number of likely N-dealkylation sites (N-methyl/N-ethyl adjacent to an activating group) is 1. The lowest BCUT2D eigenvalue weighted by Crippen LogP contribution is -2.60. The van der Waals surface area contributed by atoms with Crippen LogP contribution in [-0.4, -0.2) is 70.4 Å². The maximum Gasteiger partial charge on any atom is 0.252 e. The van der Waals surface area contributed by atoms with Crippen molar-refractivity contribution in [3.63, 3.8) is 0 Å². The van der Waals surface area contributed by atoms with Gasteiger partial charge in [0, 0.05) is 16.3 Å². The Kier molecular flexibility index (Phi) is 9.05. The number of halogens is 1. The molecule has 0 spiro atoms. The van der Waals surface area contributed by atoms with Crippen LogP contribution in [0.25, 0.3) is 10.8 Å². The van der Waals surface area contributed by atoms with Gasteiger partial charge < -0.3 is 25.2 Å². The normalized spacial score (nSPS) is 18.0. The van der Waals surface area contributed by atoms with Crippen LogP contribution in [0, 0.1) is 0 Å². The van der Waals surface area contributed by atoms with Gasteiger partial charge in [-0.1, -0.05) is 40.2 Å². The molecule has 218 valence electrons. The molecule has 1 unspecified atom stereocenters. The summed E-state index contributed by atoms with van der Waals surface area (Å²) in [4.78, 5) is 43.8. The smallest absolute Gasteiger partial charge is 0.252 e. The average molecular weight is 646 g/mol. The SMILES string of the molecule is CNC(C)C(=O)N[C@@H]1C(=O)N(Cc2c(OC)ccc3c(Br)cccc23)c2ccccc2N(C(=O)CS(C)(=O)=O)[C@H]1C. The Balaban J connectivity index is 1.93. The number of anilines is 2. The Hall–Kier alpha value is -3.48. The standard InChI is InChI=1S/C29H33BrN4O6S/c1-17(31-3)28(36)32-27-18(2)34(26(35)16-41(5,38)39)24-12-7-6-11-23(24)33(29(27)37)15-21-19-9-8-10-22(30)20(19)13-14-25(21)40-4/h6-14,17-18,27,31H,15-16H2,1-5H3,(H,32,36)/t17?,18-,27-/m0/s1. The molecule has 1 aliphatic rings. The van der Waals surface area contributed by atoms with E-state index in [9.17, 15) is 22.8 Å². The molecular formula is C29H33BrN4O6S. The predicted molar refractivity (Wildman–Crippen MR) is 163 cm³/mol. The first-order valence-corrected chi connectivity index (χ1v) is 15.8. The van der Waals surface area contributed by atoms with Gasteiger partial charge in [0.2, 0.25) is 11.8 Å². The highest BCUT2D eigenvalue weighted by Crippen LogP contribution is 2.39. The molecule has 0 aliphatic carbocycles. The number of benzene rings is 3. The lowest BCUT2D eigenvalue weighted by atomic mass is 10.0. The maximum atomic E-state index is 14.4. The van der Waals surface area contributed by atoms with Crippen molar-refractivity contribution in [2.45, 2.75) is 38.5 Å². The number of methoxy groups -OCH3 is 1. The highest BCUT2D eigenvalue weighted by atomic mass is 79.9. The third-order valence-electron chi connectivity index (χ3n) is 7.25. The number of sulfone groups is 1. The zero-order chi connectivity index (χ0) is 30.1. The Labute approximate surface area is 248 Å². The second-order valence-corrected chi connectivity index (χ2v) is 13.1. The Bertz CT molecular complexity index is 1610. The predicted octanol–water partition coefficient (Wildman–Crippen LogP) is 3.02.